The fourth-order valence-corrected chi connectivity index (χ4v) is 2.29. The van der Waals surface area contributed by atoms with Gasteiger partial charge in [0.25, 0.3) is 0 Å². The predicted octanol–water partition coefficient (Wildman–Crippen LogP) is 3.67. The average molecular weight is 293 g/mol. The topological polar surface area (TPSA) is 84.9 Å². The lowest BCUT2D eigenvalue weighted by Gasteiger charge is -2.08. The number of aromatic nitrogens is 3. The molecule has 0 spiro atoms. The lowest BCUT2D eigenvalue weighted by atomic mass is 10.0. The van der Waals surface area contributed by atoms with Gasteiger partial charge in [-0.2, -0.15) is 4.98 Å². The normalized spacial score (nSPS) is 10.8. The van der Waals surface area contributed by atoms with Crippen molar-refractivity contribution in [3.63, 3.8) is 0 Å². The molecule has 0 bridgehead atoms. The molecule has 108 valence electrons. The molecule has 0 amide bonds. The number of H-pyrrole nitrogens is 2. The van der Waals surface area contributed by atoms with E-state index in [9.17, 15) is 10.2 Å². The molecule has 1 heterocycles. The lowest BCUT2D eigenvalue weighted by molar-refractivity contribution is 0.446. The van der Waals surface area contributed by atoms with Gasteiger partial charge in [0, 0.05) is 6.07 Å². The summed E-state index contributed by atoms with van der Waals surface area (Å²) in [6.45, 7) is 2.16. The van der Waals surface area contributed by atoms with Crippen molar-refractivity contribution in [2.24, 2.45) is 0 Å². The Labute approximate surface area is 122 Å². The second-order valence-electron chi connectivity index (χ2n) is 4.82. The van der Waals surface area contributed by atoms with Crippen LogP contribution in [0.4, 0.5) is 0 Å². The molecule has 0 radical (unpaired) electrons. The molecule has 20 heavy (non-hydrogen) atoms. The number of phenols is 2. The Morgan fingerprint density at radius 3 is 2.55 bits per heavy atom. The first-order valence-corrected chi connectivity index (χ1v) is 7.22. The molecule has 0 aliphatic rings. The number of nitrogens with one attached hydrogen (secondary N) is 2. The first-order chi connectivity index (χ1) is 9.61. The molecule has 2 aromatic rings. The van der Waals surface area contributed by atoms with Crippen molar-refractivity contribution in [3.8, 4) is 22.9 Å². The molecule has 0 fully saturated rings. The molecule has 4 N–H and O–H groups in total. The number of rotatable bonds is 6. The van der Waals surface area contributed by atoms with Gasteiger partial charge in [0.05, 0.1) is 5.56 Å². The van der Waals surface area contributed by atoms with E-state index in [0.717, 1.165) is 24.8 Å². The van der Waals surface area contributed by atoms with Gasteiger partial charge >= 0.3 is 0 Å². The molecule has 6 heteroatoms. The summed E-state index contributed by atoms with van der Waals surface area (Å²) >= 11 is 4.90. The van der Waals surface area contributed by atoms with Crippen LogP contribution in [0.3, 0.4) is 0 Å². The monoisotopic (exact) mass is 293 g/mol. The van der Waals surface area contributed by atoms with Crippen LogP contribution in [0.1, 0.15) is 38.2 Å². The van der Waals surface area contributed by atoms with E-state index in [4.69, 9.17) is 12.2 Å². The zero-order valence-electron chi connectivity index (χ0n) is 11.4. The van der Waals surface area contributed by atoms with Gasteiger partial charge in [0.2, 0.25) is 4.77 Å². The van der Waals surface area contributed by atoms with Crippen LogP contribution in [0.25, 0.3) is 11.4 Å². The minimum atomic E-state index is -0.0161. The first-order valence-electron chi connectivity index (χ1n) is 6.81. The number of hydrogen-bond acceptors (Lipinski definition) is 4. The zero-order chi connectivity index (χ0) is 14.5. The van der Waals surface area contributed by atoms with E-state index in [1.807, 2.05) is 0 Å². The van der Waals surface area contributed by atoms with Gasteiger partial charge < -0.3 is 10.2 Å². The molecule has 0 saturated carbocycles. The summed E-state index contributed by atoms with van der Waals surface area (Å²) < 4.78 is 0.331. The van der Waals surface area contributed by atoms with Crippen LogP contribution in [-0.2, 0) is 6.42 Å². The Morgan fingerprint density at radius 1 is 1.10 bits per heavy atom. The van der Waals surface area contributed by atoms with Gasteiger partial charge in [0.15, 0.2) is 5.82 Å². The van der Waals surface area contributed by atoms with E-state index in [0.29, 0.717) is 16.2 Å². The molecule has 0 saturated heterocycles. The summed E-state index contributed by atoms with van der Waals surface area (Å²) in [5, 5.41) is 25.3. The molecule has 2 rings (SSSR count). The van der Waals surface area contributed by atoms with E-state index in [1.54, 1.807) is 6.07 Å². The van der Waals surface area contributed by atoms with Crippen LogP contribution < -0.4 is 0 Å². The molecule has 1 aromatic carbocycles. The fraction of sp³-hybridized carbons (Fsp3) is 0.429. The number of aryl methyl sites for hydroxylation is 1. The van der Waals surface area contributed by atoms with Crippen LogP contribution in [0.5, 0.6) is 11.5 Å². The number of aromatic amines is 2. The highest BCUT2D eigenvalue weighted by molar-refractivity contribution is 7.71. The predicted molar refractivity (Wildman–Crippen MR) is 80.4 cm³/mol. The van der Waals surface area contributed by atoms with Crippen LogP contribution in [0, 0.1) is 4.77 Å². The molecule has 0 unspecified atom stereocenters. The molecule has 0 atom stereocenters. The first kappa shape index (κ1) is 14.6. The minimum absolute atomic E-state index is 0.0161. The van der Waals surface area contributed by atoms with Crippen molar-refractivity contribution in [1.82, 2.24) is 15.2 Å². The van der Waals surface area contributed by atoms with Crippen molar-refractivity contribution in [1.29, 1.82) is 0 Å². The molecule has 5 nitrogen and oxygen atoms in total. The minimum Gasteiger partial charge on any atom is -0.508 e. The Balaban J connectivity index is 2.23. The standard InChI is InChI=1S/C14H19N3O2S/c1-2-3-4-5-6-9-7-10(12(19)8-11(9)18)13-15-14(20)17-16-13/h7-8,18-19H,2-6H2,1H3,(H2,15,16,17,20). The largest absolute Gasteiger partial charge is 0.508 e. The van der Waals surface area contributed by atoms with Gasteiger partial charge in [-0.25, -0.2) is 0 Å². The summed E-state index contributed by atoms with van der Waals surface area (Å²) in [4.78, 5) is 4.08. The second kappa shape index (κ2) is 6.56. The van der Waals surface area contributed by atoms with Gasteiger partial charge in [-0.15, -0.1) is 0 Å². The molecular formula is C14H19N3O2S. The number of benzene rings is 1. The molecule has 0 aliphatic heterocycles. The summed E-state index contributed by atoms with van der Waals surface area (Å²) in [6, 6.07) is 3.12. The highest BCUT2D eigenvalue weighted by Gasteiger charge is 2.12. The van der Waals surface area contributed by atoms with Crippen molar-refractivity contribution in [3.05, 3.63) is 22.5 Å². The van der Waals surface area contributed by atoms with Crippen molar-refractivity contribution >= 4 is 12.2 Å². The van der Waals surface area contributed by atoms with Gasteiger partial charge in [-0.05, 0) is 36.7 Å². The summed E-state index contributed by atoms with van der Waals surface area (Å²) in [7, 11) is 0. The van der Waals surface area contributed by atoms with Crippen LogP contribution in [0.2, 0.25) is 0 Å². The Hall–Kier alpha value is -1.82. The van der Waals surface area contributed by atoms with Crippen molar-refractivity contribution in [2.45, 2.75) is 39.0 Å². The number of aromatic hydroxyl groups is 2. The van der Waals surface area contributed by atoms with Gasteiger partial charge in [-0.3, -0.25) is 10.2 Å². The zero-order valence-corrected chi connectivity index (χ0v) is 12.3. The van der Waals surface area contributed by atoms with Crippen molar-refractivity contribution in [2.75, 3.05) is 0 Å². The molecule has 1 aromatic heterocycles. The van der Waals surface area contributed by atoms with E-state index in [2.05, 4.69) is 22.1 Å². The quantitative estimate of drug-likeness (QED) is 0.483. The molecule has 0 aliphatic carbocycles. The molecular weight excluding hydrogens is 274 g/mol. The summed E-state index contributed by atoms with van der Waals surface area (Å²) in [5.74, 6) is 0.580. The number of hydrogen-bond donors (Lipinski definition) is 4. The summed E-state index contributed by atoms with van der Waals surface area (Å²) in [5.41, 5.74) is 1.36. The van der Waals surface area contributed by atoms with Crippen LogP contribution in [0.15, 0.2) is 12.1 Å². The Morgan fingerprint density at radius 2 is 1.90 bits per heavy atom. The fourth-order valence-electron chi connectivity index (χ4n) is 2.15. The maximum absolute atomic E-state index is 9.92. The van der Waals surface area contributed by atoms with Crippen LogP contribution in [-0.4, -0.2) is 25.4 Å². The average Bonchev–Trinajstić information content (AvgIpc) is 2.83. The van der Waals surface area contributed by atoms with E-state index in [1.165, 1.54) is 18.9 Å². The number of phenolic OH excluding ortho intramolecular Hbond substituents is 2. The highest BCUT2D eigenvalue weighted by atomic mass is 32.1. The maximum atomic E-state index is 9.92. The SMILES string of the molecule is CCCCCCc1cc(-c2nc(=S)[nH][nH]2)c(O)cc1O. The van der Waals surface area contributed by atoms with Crippen LogP contribution >= 0.6 is 12.2 Å². The third kappa shape index (κ3) is 3.39. The van der Waals surface area contributed by atoms with Gasteiger partial charge in [0.1, 0.15) is 11.5 Å². The van der Waals surface area contributed by atoms with E-state index < -0.39 is 0 Å². The Bertz CT molecular complexity index is 634. The smallest absolute Gasteiger partial charge is 0.213 e. The third-order valence-electron chi connectivity index (χ3n) is 3.25. The van der Waals surface area contributed by atoms with Gasteiger partial charge in [-0.1, -0.05) is 26.2 Å². The second-order valence-corrected chi connectivity index (χ2v) is 5.21. The third-order valence-corrected chi connectivity index (χ3v) is 3.45. The number of nitrogens with zero attached hydrogens (tertiary/aromatic N) is 1. The highest BCUT2D eigenvalue weighted by Crippen LogP contribution is 2.33. The summed E-state index contributed by atoms with van der Waals surface area (Å²) in [6.07, 6.45) is 5.30. The van der Waals surface area contributed by atoms with E-state index >= 15 is 0 Å². The van der Waals surface area contributed by atoms with E-state index in [-0.39, 0.29) is 11.5 Å². The van der Waals surface area contributed by atoms with Crippen molar-refractivity contribution < 1.29 is 10.2 Å². The lowest BCUT2D eigenvalue weighted by Crippen LogP contribution is -1.90. The number of unbranched alkanes of at least 4 members (excludes halogenated alkanes) is 3. The maximum Gasteiger partial charge on any atom is 0.213 e. The Kier molecular flexibility index (Phi) is 4.79.